The monoisotopic (exact) mass is 278 g/mol. The maximum atomic E-state index is 12.5. The fourth-order valence-corrected chi connectivity index (χ4v) is 4.75. The van der Waals surface area contributed by atoms with Crippen LogP contribution in [-0.4, -0.2) is 37.9 Å². The first-order chi connectivity index (χ1) is 8.49. The largest absolute Gasteiger partial charge is 0.350 e. The first kappa shape index (κ1) is 16.2. The van der Waals surface area contributed by atoms with E-state index < -0.39 is 13.2 Å². The SMILES string of the molecule is CCOC1(OCC)CCCC(P(C)(=O)OCC)C1. The Kier molecular flexibility index (Phi) is 6.32. The van der Waals surface area contributed by atoms with Gasteiger partial charge in [-0.3, -0.25) is 4.57 Å². The lowest BCUT2D eigenvalue weighted by Gasteiger charge is -2.41. The summed E-state index contributed by atoms with van der Waals surface area (Å²) in [7, 11) is -2.56. The van der Waals surface area contributed by atoms with Crippen LogP contribution in [-0.2, 0) is 18.6 Å². The highest BCUT2D eigenvalue weighted by Crippen LogP contribution is 2.55. The van der Waals surface area contributed by atoms with E-state index in [9.17, 15) is 4.57 Å². The van der Waals surface area contributed by atoms with E-state index in [2.05, 4.69) is 0 Å². The lowest BCUT2D eigenvalue weighted by atomic mass is 9.93. The Bertz CT molecular complexity index is 281. The molecule has 5 heteroatoms. The van der Waals surface area contributed by atoms with Crippen molar-refractivity contribution in [2.75, 3.05) is 26.5 Å². The molecule has 0 amide bonds. The summed E-state index contributed by atoms with van der Waals surface area (Å²) in [5.74, 6) is -0.546. The van der Waals surface area contributed by atoms with Gasteiger partial charge in [-0.05, 0) is 33.6 Å². The molecule has 0 radical (unpaired) electrons. The first-order valence-electron chi connectivity index (χ1n) is 6.99. The predicted molar refractivity (Wildman–Crippen MR) is 73.4 cm³/mol. The van der Waals surface area contributed by atoms with E-state index >= 15 is 0 Å². The van der Waals surface area contributed by atoms with E-state index in [0.717, 1.165) is 19.3 Å². The topological polar surface area (TPSA) is 44.8 Å². The van der Waals surface area contributed by atoms with Crippen LogP contribution in [0.5, 0.6) is 0 Å². The van der Waals surface area contributed by atoms with E-state index in [4.69, 9.17) is 14.0 Å². The van der Waals surface area contributed by atoms with Gasteiger partial charge in [0, 0.05) is 38.4 Å². The molecule has 108 valence electrons. The fraction of sp³-hybridized carbons (Fsp3) is 1.00. The normalized spacial score (nSPS) is 26.8. The van der Waals surface area contributed by atoms with Crippen LogP contribution in [0, 0.1) is 0 Å². The molecule has 0 aliphatic heterocycles. The van der Waals surface area contributed by atoms with E-state index in [0.29, 0.717) is 26.2 Å². The van der Waals surface area contributed by atoms with Gasteiger partial charge in [0.2, 0.25) is 7.37 Å². The number of hydrogen-bond donors (Lipinski definition) is 0. The number of hydrogen-bond acceptors (Lipinski definition) is 4. The highest BCUT2D eigenvalue weighted by molar-refractivity contribution is 7.58. The molecule has 4 nitrogen and oxygen atoms in total. The van der Waals surface area contributed by atoms with Crippen molar-refractivity contribution in [3.63, 3.8) is 0 Å². The quantitative estimate of drug-likeness (QED) is 0.527. The van der Waals surface area contributed by atoms with Gasteiger partial charge in [-0.2, -0.15) is 0 Å². The Morgan fingerprint density at radius 1 is 1.17 bits per heavy atom. The third-order valence-electron chi connectivity index (χ3n) is 3.51. The Balaban J connectivity index is 2.76. The standard InChI is InChI=1S/C13H27O4P/c1-5-15-13(16-6-2)10-8-9-12(11-13)18(4,14)17-7-3/h12H,5-11H2,1-4H3. The van der Waals surface area contributed by atoms with Crippen molar-refractivity contribution in [3.8, 4) is 0 Å². The summed E-state index contributed by atoms with van der Waals surface area (Å²) in [4.78, 5) is 0. The van der Waals surface area contributed by atoms with Crippen molar-refractivity contribution in [2.24, 2.45) is 0 Å². The van der Waals surface area contributed by atoms with Gasteiger partial charge in [0.05, 0.1) is 6.61 Å². The molecule has 1 aliphatic rings. The first-order valence-corrected chi connectivity index (χ1v) is 9.13. The van der Waals surface area contributed by atoms with Crippen molar-refractivity contribution in [3.05, 3.63) is 0 Å². The van der Waals surface area contributed by atoms with Gasteiger partial charge in [-0.25, -0.2) is 0 Å². The Morgan fingerprint density at radius 2 is 1.78 bits per heavy atom. The van der Waals surface area contributed by atoms with Gasteiger partial charge in [-0.15, -0.1) is 0 Å². The average molecular weight is 278 g/mol. The summed E-state index contributed by atoms with van der Waals surface area (Å²) in [6.45, 7) is 9.31. The minimum atomic E-state index is -2.56. The molecule has 18 heavy (non-hydrogen) atoms. The van der Waals surface area contributed by atoms with E-state index in [1.54, 1.807) is 6.66 Å². The predicted octanol–water partition coefficient (Wildman–Crippen LogP) is 3.64. The molecular weight excluding hydrogens is 251 g/mol. The molecule has 2 unspecified atom stereocenters. The lowest BCUT2D eigenvalue weighted by Crippen LogP contribution is -2.43. The minimum absolute atomic E-state index is 0.0595. The van der Waals surface area contributed by atoms with Gasteiger partial charge < -0.3 is 14.0 Å². The van der Waals surface area contributed by atoms with Crippen LogP contribution in [0.3, 0.4) is 0 Å². The second kappa shape index (κ2) is 7.04. The third kappa shape index (κ3) is 4.06. The van der Waals surface area contributed by atoms with Gasteiger partial charge >= 0.3 is 0 Å². The second-order valence-corrected chi connectivity index (χ2v) is 7.66. The molecule has 0 N–H and O–H groups in total. The smallest absolute Gasteiger partial charge is 0.203 e. The summed E-state index contributed by atoms with van der Waals surface area (Å²) < 4.78 is 29.6. The van der Waals surface area contributed by atoms with E-state index in [1.165, 1.54) is 0 Å². The summed E-state index contributed by atoms with van der Waals surface area (Å²) >= 11 is 0. The maximum absolute atomic E-state index is 12.5. The van der Waals surface area contributed by atoms with Crippen molar-refractivity contribution in [2.45, 2.75) is 57.9 Å². The van der Waals surface area contributed by atoms with Gasteiger partial charge in [0.25, 0.3) is 0 Å². The molecule has 2 atom stereocenters. The summed E-state index contributed by atoms with van der Waals surface area (Å²) in [5.41, 5.74) is 0.0595. The fourth-order valence-electron chi connectivity index (χ4n) is 2.76. The summed E-state index contributed by atoms with van der Waals surface area (Å²) in [6.07, 6.45) is 3.49. The van der Waals surface area contributed by atoms with Gasteiger partial charge in [0.15, 0.2) is 5.79 Å². The number of ether oxygens (including phenoxy) is 2. The molecule has 0 aromatic rings. The molecule has 0 saturated heterocycles. The van der Waals surface area contributed by atoms with Crippen LogP contribution in [0.2, 0.25) is 0 Å². The Hall–Kier alpha value is 0.110. The minimum Gasteiger partial charge on any atom is -0.350 e. The van der Waals surface area contributed by atoms with Crippen LogP contribution in [0.1, 0.15) is 46.5 Å². The molecule has 1 rings (SSSR count). The molecule has 1 fully saturated rings. The van der Waals surface area contributed by atoms with Crippen LogP contribution in [0.25, 0.3) is 0 Å². The maximum Gasteiger partial charge on any atom is 0.203 e. The Morgan fingerprint density at radius 3 is 2.28 bits per heavy atom. The van der Waals surface area contributed by atoms with E-state index in [-0.39, 0.29) is 5.66 Å². The zero-order chi connectivity index (χ0) is 13.6. The third-order valence-corrected chi connectivity index (χ3v) is 6.04. The van der Waals surface area contributed by atoms with Crippen molar-refractivity contribution >= 4 is 7.37 Å². The molecule has 0 heterocycles. The Labute approximate surface area is 111 Å². The summed E-state index contributed by atoms with van der Waals surface area (Å²) in [6, 6.07) is 0. The lowest BCUT2D eigenvalue weighted by molar-refractivity contribution is -0.247. The van der Waals surface area contributed by atoms with Crippen LogP contribution in [0.15, 0.2) is 0 Å². The van der Waals surface area contributed by atoms with Crippen LogP contribution >= 0.6 is 7.37 Å². The molecule has 0 spiro atoms. The molecule has 0 aromatic carbocycles. The molecule has 1 aliphatic carbocycles. The van der Waals surface area contributed by atoms with Crippen molar-refractivity contribution in [1.29, 1.82) is 0 Å². The highest BCUT2D eigenvalue weighted by atomic mass is 31.2. The van der Waals surface area contributed by atoms with Gasteiger partial charge in [0.1, 0.15) is 0 Å². The molecule has 0 bridgehead atoms. The highest BCUT2D eigenvalue weighted by Gasteiger charge is 2.43. The summed E-state index contributed by atoms with van der Waals surface area (Å²) in [5, 5.41) is 0. The molecule has 1 saturated carbocycles. The second-order valence-electron chi connectivity index (χ2n) is 4.85. The van der Waals surface area contributed by atoms with Crippen LogP contribution < -0.4 is 0 Å². The average Bonchev–Trinajstić information content (AvgIpc) is 2.30. The zero-order valence-corrected chi connectivity index (χ0v) is 13.0. The van der Waals surface area contributed by atoms with Crippen LogP contribution in [0.4, 0.5) is 0 Å². The molecule has 0 aromatic heterocycles. The number of rotatable bonds is 7. The molecular formula is C13H27O4P. The van der Waals surface area contributed by atoms with Crippen molar-refractivity contribution in [1.82, 2.24) is 0 Å². The zero-order valence-electron chi connectivity index (χ0n) is 12.1. The van der Waals surface area contributed by atoms with Crippen molar-refractivity contribution < 1.29 is 18.6 Å². The van der Waals surface area contributed by atoms with E-state index in [1.807, 2.05) is 20.8 Å². The van der Waals surface area contributed by atoms with Gasteiger partial charge in [-0.1, -0.05) is 0 Å².